The Morgan fingerprint density at radius 3 is 2.54 bits per heavy atom. The molecule has 0 amide bonds. The van der Waals surface area contributed by atoms with Gasteiger partial charge in [0.2, 0.25) is 0 Å². The fourth-order valence-electron chi connectivity index (χ4n) is 3.86. The quantitative estimate of drug-likeness (QED) is 0.681. The summed E-state index contributed by atoms with van der Waals surface area (Å²) in [5, 5.41) is 0. The molecule has 0 N–H and O–H groups in total. The van der Waals surface area contributed by atoms with Gasteiger partial charge in [-0.3, -0.25) is 0 Å². The molecule has 3 heterocycles. The zero-order valence-electron chi connectivity index (χ0n) is 16.3. The summed E-state index contributed by atoms with van der Waals surface area (Å²) in [4.78, 5) is 11.8. The van der Waals surface area contributed by atoms with Crippen LogP contribution in [0, 0.1) is 0 Å². The largest absolute Gasteiger partial charge is 0.509 e. The van der Waals surface area contributed by atoms with Crippen molar-refractivity contribution in [1.82, 2.24) is 0 Å². The van der Waals surface area contributed by atoms with E-state index in [-0.39, 0.29) is 6.61 Å². The molecule has 3 fully saturated rings. The van der Waals surface area contributed by atoms with Crippen molar-refractivity contribution in [2.75, 3.05) is 20.3 Å². The maximum absolute atomic E-state index is 11.8. The van der Waals surface area contributed by atoms with Crippen LogP contribution in [-0.2, 0) is 39.8 Å². The van der Waals surface area contributed by atoms with Crippen LogP contribution in [0.5, 0.6) is 0 Å². The lowest BCUT2D eigenvalue weighted by atomic mass is 9.93. The number of ether oxygens (including phenoxy) is 7. The molecule has 1 aromatic rings. The van der Waals surface area contributed by atoms with E-state index in [2.05, 4.69) is 0 Å². The first kappa shape index (κ1) is 19.6. The average molecular weight is 394 g/mol. The Bertz CT molecular complexity index is 693. The van der Waals surface area contributed by atoms with E-state index < -0.39 is 42.1 Å². The van der Waals surface area contributed by atoms with Crippen LogP contribution in [0.25, 0.3) is 0 Å². The average Bonchev–Trinajstić information content (AvgIpc) is 3.22. The van der Waals surface area contributed by atoms with E-state index in [9.17, 15) is 4.79 Å². The second kappa shape index (κ2) is 7.61. The van der Waals surface area contributed by atoms with Crippen molar-refractivity contribution in [2.45, 2.75) is 62.9 Å². The predicted molar refractivity (Wildman–Crippen MR) is 95.4 cm³/mol. The Kier molecular flexibility index (Phi) is 5.32. The van der Waals surface area contributed by atoms with Crippen molar-refractivity contribution in [3.63, 3.8) is 0 Å². The number of benzene rings is 1. The summed E-state index contributed by atoms with van der Waals surface area (Å²) in [6, 6.07) is 9.83. The predicted octanol–water partition coefficient (Wildman–Crippen LogP) is 2.39. The van der Waals surface area contributed by atoms with Gasteiger partial charge in [0.05, 0.1) is 13.2 Å². The molecule has 3 aliphatic rings. The lowest BCUT2D eigenvalue weighted by Gasteiger charge is -2.44. The zero-order chi connectivity index (χ0) is 19.8. The van der Waals surface area contributed by atoms with E-state index in [1.54, 1.807) is 7.11 Å². The standard InChI is InChI=1S/C20H26O8/c1-19(2)24-11-15(27-19)17-16-14(25-18(21)26-16)9-20(22-3,28-17)12-23-10-13-7-5-4-6-8-13/h4-8,14-17H,9-12H2,1-3H3/t14-,15-,16?,17-,20-/m1/s1. The van der Waals surface area contributed by atoms with Gasteiger partial charge < -0.3 is 33.2 Å². The molecular formula is C20H26O8. The highest BCUT2D eigenvalue weighted by Gasteiger charge is 2.58. The fourth-order valence-corrected chi connectivity index (χ4v) is 3.86. The fraction of sp³-hybridized carbons (Fsp3) is 0.650. The van der Waals surface area contributed by atoms with Crippen molar-refractivity contribution in [3.8, 4) is 0 Å². The summed E-state index contributed by atoms with van der Waals surface area (Å²) >= 11 is 0. The van der Waals surface area contributed by atoms with Crippen molar-refractivity contribution >= 4 is 6.16 Å². The third-order valence-corrected chi connectivity index (χ3v) is 5.24. The molecule has 0 radical (unpaired) electrons. The Hall–Kier alpha value is -1.71. The number of rotatable bonds is 6. The van der Waals surface area contributed by atoms with Crippen LogP contribution in [0.4, 0.5) is 4.79 Å². The molecule has 1 aromatic carbocycles. The van der Waals surface area contributed by atoms with E-state index in [0.29, 0.717) is 19.6 Å². The molecule has 3 saturated heterocycles. The third-order valence-electron chi connectivity index (χ3n) is 5.24. The lowest BCUT2D eigenvalue weighted by molar-refractivity contribution is -0.328. The van der Waals surface area contributed by atoms with Crippen LogP contribution in [0.15, 0.2) is 30.3 Å². The SMILES string of the molecule is CO[C@]1(COCc2ccccc2)C[C@H]2OC(=O)OC2[C@@H]([C@H]2COC(C)(C)O2)O1. The smallest absolute Gasteiger partial charge is 0.427 e. The number of fused-ring (bicyclic) bond motifs is 1. The third kappa shape index (κ3) is 4.01. The molecule has 0 aromatic heterocycles. The second-order valence-electron chi connectivity index (χ2n) is 7.74. The van der Waals surface area contributed by atoms with Gasteiger partial charge in [0.15, 0.2) is 23.8 Å². The van der Waals surface area contributed by atoms with Gasteiger partial charge in [-0.2, -0.15) is 0 Å². The van der Waals surface area contributed by atoms with Crippen molar-refractivity contribution in [3.05, 3.63) is 35.9 Å². The molecule has 0 saturated carbocycles. The number of carbonyl (C=O) groups excluding carboxylic acids is 1. The minimum Gasteiger partial charge on any atom is -0.427 e. The van der Waals surface area contributed by atoms with Gasteiger partial charge >= 0.3 is 6.16 Å². The van der Waals surface area contributed by atoms with Crippen molar-refractivity contribution in [1.29, 1.82) is 0 Å². The lowest BCUT2D eigenvalue weighted by Crippen LogP contribution is -2.60. The maximum Gasteiger partial charge on any atom is 0.509 e. The van der Waals surface area contributed by atoms with E-state index in [1.807, 2.05) is 44.2 Å². The Morgan fingerprint density at radius 2 is 1.86 bits per heavy atom. The molecule has 154 valence electrons. The van der Waals surface area contributed by atoms with Gasteiger partial charge in [0.25, 0.3) is 0 Å². The van der Waals surface area contributed by atoms with E-state index in [0.717, 1.165) is 5.56 Å². The highest BCUT2D eigenvalue weighted by atomic mass is 16.8. The molecule has 4 rings (SSSR count). The van der Waals surface area contributed by atoms with Gasteiger partial charge in [-0.15, -0.1) is 0 Å². The molecule has 0 aliphatic carbocycles. The molecule has 1 unspecified atom stereocenters. The van der Waals surface area contributed by atoms with Gasteiger partial charge in [0, 0.05) is 13.5 Å². The number of hydrogen-bond acceptors (Lipinski definition) is 8. The topological polar surface area (TPSA) is 81.7 Å². The molecule has 8 heteroatoms. The van der Waals surface area contributed by atoms with Gasteiger partial charge in [-0.05, 0) is 19.4 Å². The summed E-state index contributed by atoms with van der Waals surface area (Å²) in [6.07, 6.45) is -2.49. The normalized spacial score (nSPS) is 36.6. The van der Waals surface area contributed by atoms with E-state index in [1.165, 1.54) is 0 Å². The number of hydrogen-bond donors (Lipinski definition) is 0. The van der Waals surface area contributed by atoms with E-state index >= 15 is 0 Å². The Labute approximate surface area is 163 Å². The van der Waals surface area contributed by atoms with Crippen molar-refractivity contribution in [2.24, 2.45) is 0 Å². The molecule has 28 heavy (non-hydrogen) atoms. The molecule has 0 bridgehead atoms. The summed E-state index contributed by atoms with van der Waals surface area (Å²) in [5.41, 5.74) is 1.05. The molecule has 3 aliphatic heterocycles. The summed E-state index contributed by atoms with van der Waals surface area (Å²) in [7, 11) is 1.55. The van der Waals surface area contributed by atoms with Crippen LogP contribution in [0.3, 0.4) is 0 Å². The van der Waals surface area contributed by atoms with Crippen LogP contribution in [-0.4, -0.2) is 62.5 Å². The molecule has 0 spiro atoms. The van der Waals surface area contributed by atoms with Crippen molar-refractivity contribution < 1.29 is 38.0 Å². The summed E-state index contributed by atoms with van der Waals surface area (Å²) in [6.45, 7) is 4.57. The molecule has 5 atom stereocenters. The minimum absolute atomic E-state index is 0.173. The Morgan fingerprint density at radius 1 is 1.07 bits per heavy atom. The number of methoxy groups -OCH3 is 1. The van der Waals surface area contributed by atoms with Crippen LogP contribution >= 0.6 is 0 Å². The Balaban J connectivity index is 1.48. The van der Waals surface area contributed by atoms with Gasteiger partial charge in [-0.25, -0.2) is 4.79 Å². The summed E-state index contributed by atoms with van der Waals surface area (Å²) in [5.74, 6) is -1.81. The van der Waals surface area contributed by atoms with Crippen LogP contribution in [0.1, 0.15) is 25.8 Å². The first-order valence-corrected chi connectivity index (χ1v) is 9.43. The number of carbonyl (C=O) groups is 1. The first-order chi connectivity index (χ1) is 13.4. The second-order valence-corrected chi connectivity index (χ2v) is 7.74. The highest BCUT2D eigenvalue weighted by Crippen LogP contribution is 2.41. The van der Waals surface area contributed by atoms with Crippen LogP contribution < -0.4 is 0 Å². The van der Waals surface area contributed by atoms with Crippen LogP contribution in [0.2, 0.25) is 0 Å². The van der Waals surface area contributed by atoms with Gasteiger partial charge in [0.1, 0.15) is 18.8 Å². The first-order valence-electron chi connectivity index (χ1n) is 9.43. The molecular weight excluding hydrogens is 368 g/mol. The minimum atomic E-state index is -1.08. The zero-order valence-corrected chi connectivity index (χ0v) is 16.3. The van der Waals surface area contributed by atoms with Gasteiger partial charge in [-0.1, -0.05) is 30.3 Å². The monoisotopic (exact) mass is 394 g/mol. The van der Waals surface area contributed by atoms with E-state index in [4.69, 9.17) is 33.2 Å². The molecule has 8 nitrogen and oxygen atoms in total. The maximum atomic E-state index is 11.8. The highest BCUT2D eigenvalue weighted by molar-refractivity contribution is 5.62. The summed E-state index contributed by atoms with van der Waals surface area (Å²) < 4.78 is 40.2.